The summed E-state index contributed by atoms with van der Waals surface area (Å²) in [5, 5.41) is 7.29. The predicted molar refractivity (Wildman–Crippen MR) is 92.2 cm³/mol. The Kier molecular flexibility index (Phi) is 6.09. The third-order valence-electron chi connectivity index (χ3n) is 3.91. The van der Waals surface area contributed by atoms with E-state index in [1.807, 2.05) is 24.6 Å². The number of likely N-dealkylation sites (N-methyl/N-ethyl adjacent to an activating group) is 1. The van der Waals surface area contributed by atoms with Gasteiger partial charge in [-0.2, -0.15) is 5.10 Å². The van der Waals surface area contributed by atoms with Gasteiger partial charge in [0.05, 0.1) is 5.69 Å². The number of carbonyl (C=O) groups is 1. The molecule has 1 aromatic heterocycles. The number of nitrogens with one attached hydrogen (secondary N) is 1. The normalized spacial score (nSPS) is 12.4. The van der Waals surface area contributed by atoms with Crippen molar-refractivity contribution in [1.29, 1.82) is 0 Å². The summed E-state index contributed by atoms with van der Waals surface area (Å²) in [7, 11) is 3.54. The van der Waals surface area contributed by atoms with Gasteiger partial charge in [-0.3, -0.25) is 14.4 Å². The average molecular weight is 332 g/mol. The number of carbonyl (C=O) groups excluding carboxylic acids is 1. The Balaban J connectivity index is 1.92. The second kappa shape index (κ2) is 8.06. The van der Waals surface area contributed by atoms with Crippen LogP contribution in [0.2, 0.25) is 0 Å². The van der Waals surface area contributed by atoms with Crippen LogP contribution in [0.5, 0.6) is 0 Å². The monoisotopic (exact) mass is 332 g/mol. The first-order valence-electron chi connectivity index (χ1n) is 8.09. The summed E-state index contributed by atoms with van der Waals surface area (Å²) >= 11 is 0. The van der Waals surface area contributed by atoms with Crippen LogP contribution < -0.4 is 5.32 Å². The number of nitrogens with zero attached hydrogens (tertiary/aromatic N) is 3. The summed E-state index contributed by atoms with van der Waals surface area (Å²) in [6.07, 6.45) is 0.769. The van der Waals surface area contributed by atoms with Crippen LogP contribution in [0.1, 0.15) is 29.4 Å². The largest absolute Gasteiger partial charge is 0.354 e. The van der Waals surface area contributed by atoms with Gasteiger partial charge in [0.15, 0.2) is 0 Å². The number of rotatable bonds is 7. The van der Waals surface area contributed by atoms with Crippen LogP contribution in [0.4, 0.5) is 4.39 Å². The standard InChI is InChI=1S/C18H25FN4O/c1-13-12-14(2)23(21-13)11-7-10-20-18(24)17(22(3)4)15-8-5-6-9-16(15)19/h5-6,8-9,12,17H,7,10-11H2,1-4H3,(H,20,24). The minimum absolute atomic E-state index is 0.196. The molecule has 2 aromatic rings. The van der Waals surface area contributed by atoms with Gasteiger partial charge in [-0.05, 0) is 46.5 Å². The van der Waals surface area contributed by atoms with Crippen molar-refractivity contribution in [1.82, 2.24) is 20.0 Å². The molecule has 0 saturated carbocycles. The molecule has 0 radical (unpaired) electrons. The number of hydrogen-bond donors (Lipinski definition) is 1. The zero-order valence-corrected chi connectivity index (χ0v) is 14.7. The number of amides is 1. The first-order chi connectivity index (χ1) is 11.4. The predicted octanol–water partition coefficient (Wildman–Crippen LogP) is 2.45. The highest BCUT2D eigenvalue weighted by Gasteiger charge is 2.25. The fourth-order valence-corrected chi connectivity index (χ4v) is 2.79. The van der Waals surface area contributed by atoms with E-state index in [-0.39, 0.29) is 11.7 Å². The van der Waals surface area contributed by atoms with Crippen LogP contribution in [-0.4, -0.2) is 41.2 Å². The van der Waals surface area contributed by atoms with E-state index < -0.39 is 6.04 Å². The Labute approximate surface area is 142 Å². The van der Waals surface area contributed by atoms with Gasteiger partial charge in [0, 0.05) is 24.3 Å². The van der Waals surface area contributed by atoms with Gasteiger partial charge < -0.3 is 5.32 Å². The summed E-state index contributed by atoms with van der Waals surface area (Å²) in [6, 6.07) is 7.78. The topological polar surface area (TPSA) is 50.2 Å². The molecule has 2 rings (SSSR count). The maximum Gasteiger partial charge on any atom is 0.242 e. The molecular formula is C18H25FN4O. The van der Waals surface area contributed by atoms with Crippen molar-refractivity contribution in [2.45, 2.75) is 32.9 Å². The van der Waals surface area contributed by atoms with E-state index >= 15 is 0 Å². The Bertz CT molecular complexity index is 696. The maximum atomic E-state index is 14.0. The smallest absolute Gasteiger partial charge is 0.242 e. The van der Waals surface area contributed by atoms with E-state index in [0.717, 1.165) is 24.4 Å². The van der Waals surface area contributed by atoms with Gasteiger partial charge in [-0.15, -0.1) is 0 Å². The quantitative estimate of drug-likeness (QED) is 0.793. The Hall–Kier alpha value is -2.21. The number of aryl methyl sites for hydroxylation is 3. The van der Waals surface area contributed by atoms with Gasteiger partial charge in [-0.1, -0.05) is 18.2 Å². The molecule has 5 nitrogen and oxygen atoms in total. The zero-order chi connectivity index (χ0) is 17.7. The molecule has 1 N–H and O–H groups in total. The van der Waals surface area contributed by atoms with E-state index in [4.69, 9.17) is 0 Å². The summed E-state index contributed by atoms with van der Waals surface area (Å²) in [5.41, 5.74) is 2.48. The molecule has 0 saturated heterocycles. The van der Waals surface area contributed by atoms with Crippen molar-refractivity contribution in [3.8, 4) is 0 Å². The Morgan fingerprint density at radius 1 is 1.33 bits per heavy atom. The zero-order valence-electron chi connectivity index (χ0n) is 14.7. The molecule has 0 aliphatic rings. The fraction of sp³-hybridized carbons (Fsp3) is 0.444. The molecule has 0 aliphatic carbocycles. The number of benzene rings is 1. The maximum absolute atomic E-state index is 14.0. The van der Waals surface area contributed by atoms with Gasteiger partial charge in [-0.25, -0.2) is 4.39 Å². The first-order valence-corrected chi connectivity index (χ1v) is 8.09. The SMILES string of the molecule is Cc1cc(C)n(CCCNC(=O)C(c2ccccc2F)N(C)C)n1. The molecule has 0 bridgehead atoms. The van der Waals surface area contributed by atoms with E-state index in [2.05, 4.69) is 10.4 Å². The van der Waals surface area contributed by atoms with E-state index in [9.17, 15) is 9.18 Å². The number of hydrogen-bond acceptors (Lipinski definition) is 3. The van der Waals surface area contributed by atoms with Gasteiger partial charge in [0.1, 0.15) is 11.9 Å². The second-order valence-corrected chi connectivity index (χ2v) is 6.18. The summed E-state index contributed by atoms with van der Waals surface area (Å²) in [5.74, 6) is -0.563. The number of aromatic nitrogens is 2. The molecule has 0 fully saturated rings. The molecular weight excluding hydrogens is 307 g/mol. The van der Waals surface area contributed by atoms with Crippen LogP contribution >= 0.6 is 0 Å². The van der Waals surface area contributed by atoms with Crippen LogP contribution in [0, 0.1) is 19.7 Å². The van der Waals surface area contributed by atoms with Crippen LogP contribution in [-0.2, 0) is 11.3 Å². The number of halogens is 1. The van der Waals surface area contributed by atoms with E-state index in [0.29, 0.717) is 12.1 Å². The molecule has 24 heavy (non-hydrogen) atoms. The fourth-order valence-electron chi connectivity index (χ4n) is 2.79. The minimum atomic E-state index is -0.639. The molecule has 6 heteroatoms. The van der Waals surface area contributed by atoms with Gasteiger partial charge in [0.2, 0.25) is 5.91 Å². The summed E-state index contributed by atoms with van der Waals surface area (Å²) < 4.78 is 15.9. The molecule has 1 heterocycles. The molecule has 1 atom stereocenters. The molecule has 130 valence electrons. The van der Waals surface area contributed by atoms with Crippen molar-refractivity contribution in [3.63, 3.8) is 0 Å². The third-order valence-corrected chi connectivity index (χ3v) is 3.91. The van der Waals surface area contributed by atoms with Gasteiger partial charge >= 0.3 is 0 Å². The Morgan fingerprint density at radius 3 is 2.62 bits per heavy atom. The van der Waals surface area contributed by atoms with Crippen molar-refractivity contribution in [3.05, 3.63) is 53.1 Å². The molecule has 0 spiro atoms. The lowest BCUT2D eigenvalue weighted by atomic mass is 10.0. The molecule has 1 amide bonds. The van der Waals surface area contributed by atoms with Crippen LogP contribution in [0.25, 0.3) is 0 Å². The minimum Gasteiger partial charge on any atom is -0.354 e. The van der Waals surface area contributed by atoms with Crippen LogP contribution in [0.15, 0.2) is 30.3 Å². The van der Waals surface area contributed by atoms with Crippen LogP contribution in [0.3, 0.4) is 0 Å². The van der Waals surface area contributed by atoms with Crippen molar-refractivity contribution in [2.75, 3.05) is 20.6 Å². The lowest BCUT2D eigenvalue weighted by Gasteiger charge is -2.24. The molecule has 1 unspecified atom stereocenters. The summed E-state index contributed by atoms with van der Waals surface area (Å²) in [4.78, 5) is 14.2. The molecule has 0 aliphatic heterocycles. The van der Waals surface area contributed by atoms with Crippen molar-refractivity contribution >= 4 is 5.91 Å². The average Bonchev–Trinajstić information content (AvgIpc) is 2.83. The molecule has 1 aromatic carbocycles. The lowest BCUT2D eigenvalue weighted by Crippen LogP contribution is -2.38. The third kappa shape index (κ3) is 4.41. The highest BCUT2D eigenvalue weighted by Crippen LogP contribution is 2.21. The highest BCUT2D eigenvalue weighted by molar-refractivity contribution is 5.83. The van der Waals surface area contributed by atoms with E-state index in [1.54, 1.807) is 37.2 Å². The summed E-state index contributed by atoms with van der Waals surface area (Å²) in [6.45, 7) is 5.24. The van der Waals surface area contributed by atoms with Gasteiger partial charge in [0.25, 0.3) is 0 Å². The second-order valence-electron chi connectivity index (χ2n) is 6.18. The Morgan fingerprint density at radius 2 is 2.04 bits per heavy atom. The highest BCUT2D eigenvalue weighted by atomic mass is 19.1. The lowest BCUT2D eigenvalue weighted by molar-refractivity contribution is -0.125. The van der Waals surface area contributed by atoms with Crippen molar-refractivity contribution in [2.24, 2.45) is 0 Å². The first kappa shape index (κ1) is 18.1. The van der Waals surface area contributed by atoms with E-state index in [1.165, 1.54) is 6.07 Å². The van der Waals surface area contributed by atoms with Crippen molar-refractivity contribution < 1.29 is 9.18 Å².